The summed E-state index contributed by atoms with van der Waals surface area (Å²) in [6.07, 6.45) is 3.41. The van der Waals surface area contributed by atoms with Gasteiger partial charge < -0.3 is 15.3 Å². The van der Waals surface area contributed by atoms with Crippen LogP contribution in [0.1, 0.15) is 40.0 Å². The number of nitrogens with one attached hydrogen (secondary N) is 1. The van der Waals surface area contributed by atoms with Gasteiger partial charge in [-0.05, 0) is 39.3 Å². The molecular weight excluding hydrogens is 250 g/mol. The lowest BCUT2D eigenvalue weighted by atomic mass is 9.97. The van der Waals surface area contributed by atoms with Gasteiger partial charge in [0, 0.05) is 36.8 Å². The SMILES string of the molecule is CC(C)NC1(CO)CCC(N2CC(C)C(N(C)C)C2)C1. The second kappa shape index (κ2) is 6.30. The lowest BCUT2D eigenvalue weighted by Gasteiger charge is -2.32. The van der Waals surface area contributed by atoms with Crippen LogP contribution in [-0.2, 0) is 0 Å². The Kier molecular flexibility index (Phi) is 5.11. The molecule has 2 N–H and O–H groups in total. The summed E-state index contributed by atoms with van der Waals surface area (Å²) in [6, 6.07) is 1.76. The molecule has 1 saturated heterocycles. The van der Waals surface area contributed by atoms with Gasteiger partial charge >= 0.3 is 0 Å². The Bertz CT molecular complexity index is 321. The van der Waals surface area contributed by atoms with Gasteiger partial charge in [-0.2, -0.15) is 0 Å². The fraction of sp³-hybridized carbons (Fsp3) is 1.00. The van der Waals surface area contributed by atoms with Gasteiger partial charge in [0.1, 0.15) is 0 Å². The van der Waals surface area contributed by atoms with E-state index in [0.717, 1.165) is 18.8 Å². The van der Waals surface area contributed by atoms with Gasteiger partial charge in [0.2, 0.25) is 0 Å². The van der Waals surface area contributed by atoms with E-state index in [4.69, 9.17) is 0 Å². The maximum Gasteiger partial charge on any atom is 0.0614 e. The number of hydrogen-bond acceptors (Lipinski definition) is 4. The minimum absolute atomic E-state index is 0.0434. The van der Waals surface area contributed by atoms with Gasteiger partial charge in [0.25, 0.3) is 0 Å². The maximum absolute atomic E-state index is 9.83. The van der Waals surface area contributed by atoms with Crippen molar-refractivity contribution in [2.24, 2.45) is 5.92 Å². The smallest absolute Gasteiger partial charge is 0.0614 e. The van der Waals surface area contributed by atoms with E-state index < -0.39 is 0 Å². The molecule has 0 aromatic carbocycles. The lowest BCUT2D eigenvalue weighted by molar-refractivity contribution is 0.140. The number of nitrogens with zero attached hydrogens (tertiary/aromatic N) is 2. The summed E-state index contributed by atoms with van der Waals surface area (Å²) < 4.78 is 0. The van der Waals surface area contributed by atoms with Crippen molar-refractivity contribution in [2.75, 3.05) is 33.8 Å². The summed E-state index contributed by atoms with van der Waals surface area (Å²) in [7, 11) is 4.38. The monoisotopic (exact) mass is 283 g/mol. The highest BCUT2D eigenvalue weighted by Gasteiger charge is 2.44. The Hall–Kier alpha value is -0.160. The lowest BCUT2D eigenvalue weighted by Crippen LogP contribution is -2.50. The zero-order valence-corrected chi connectivity index (χ0v) is 13.9. The van der Waals surface area contributed by atoms with Crippen molar-refractivity contribution in [3.05, 3.63) is 0 Å². The molecule has 0 aromatic rings. The summed E-state index contributed by atoms with van der Waals surface area (Å²) >= 11 is 0. The highest BCUT2D eigenvalue weighted by atomic mass is 16.3. The first-order chi connectivity index (χ1) is 9.37. The number of likely N-dealkylation sites (N-methyl/N-ethyl adjacent to an activating group) is 1. The van der Waals surface area contributed by atoms with Gasteiger partial charge in [-0.1, -0.05) is 20.8 Å². The van der Waals surface area contributed by atoms with Gasteiger partial charge in [-0.3, -0.25) is 4.90 Å². The molecule has 0 spiro atoms. The number of likely N-dealkylation sites (tertiary alicyclic amines) is 1. The van der Waals surface area contributed by atoms with Crippen LogP contribution >= 0.6 is 0 Å². The molecular formula is C16H33N3O. The zero-order chi connectivity index (χ0) is 14.9. The normalized spacial score (nSPS) is 39.3. The molecule has 2 rings (SSSR count). The fourth-order valence-corrected chi connectivity index (χ4v) is 4.30. The predicted molar refractivity (Wildman–Crippen MR) is 83.9 cm³/mol. The van der Waals surface area contributed by atoms with Crippen LogP contribution in [0.2, 0.25) is 0 Å². The van der Waals surface area contributed by atoms with Crippen LogP contribution in [0.15, 0.2) is 0 Å². The van der Waals surface area contributed by atoms with Crippen LogP contribution in [0.4, 0.5) is 0 Å². The van der Waals surface area contributed by atoms with Crippen molar-refractivity contribution in [1.82, 2.24) is 15.1 Å². The van der Waals surface area contributed by atoms with Gasteiger partial charge in [-0.25, -0.2) is 0 Å². The number of hydrogen-bond donors (Lipinski definition) is 2. The number of aliphatic hydroxyl groups excluding tert-OH is 1. The van der Waals surface area contributed by atoms with E-state index in [2.05, 4.69) is 50.0 Å². The van der Waals surface area contributed by atoms with Crippen LogP contribution in [0, 0.1) is 5.92 Å². The van der Waals surface area contributed by atoms with Crippen molar-refractivity contribution < 1.29 is 5.11 Å². The van der Waals surface area contributed by atoms with Gasteiger partial charge in [0.15, 0.2) is 0 Å². The predicted octanol–water partition coefficient (Wildman–Crippen LogP) is 1.15. The molecule has 0 amide bonds. The van der Waals surface area contributed by atoms with Gasteiger partial charge in [0.05, 0.1) is 6.61 Å². The first kappa shape index (κ1) is 16.2. The van der Waals surface area contributed by atoms with Crippen LogP contribution in [0.25, 0.3) is 0 Å². The minimum atomic E-state index is -0.0434. The summed E-state index contributed by atoms with van der Waals surface area (Å²) in [5.74, 6) is 0.743. The Balaban J connectivity index is 1.96. The van der Waals surface area contributed by atoms with E-state index in [1.54, 1.807) is 0 Å². The Morgan fingerprint density at radius 2 is 2.05 bits per heavy atom. The quantitative estimate of drug-likeness (QED) is 0.794. The largest absolute Gasteiger partial charge is 0.394 e. The summed E-state index contributed by atoms with van der Waals surface area (Å²) in [5.41, 5.74) is -0.0434. The molecule has 1 aliphatic carbocycles. The van der Waals surface area contributed by atoms with Crippen LogP contribution in [0.3, 0.4) is 0 Å². The van der Waals surface area contributed by atoms with Crippen LogP contribution < -0.4 is 5.32 Å². The molecule has 20 heavy (non-hydrogen) atoms. The second-order valence-corrected chi connectivity index (χ2v) is 7.60. The van der Waals surface area contributed by atoms with E-state index in [1.165, 1.54) is 19.5 Å². The highest BCUT2D eigenvalue weighted by Crippen LogP contribution is 2.36. The van der Waals surface area contributed by atoms with E-state index in [9.17, 15) is 5.11 Å². The Labute approximate surface area is 124 Å². The Morgan fingerprint density at radius 3 is 2.55 bits per heavy atom. The van der Waals surface area contributed by atoms with Crippen molar-refractivity contribution in [3.63, 3.8) is 0 Å². The molecule has 4 heteroatoms. The molecule has 1 heterocycles. The molecule has 4 atom stereocenters. The molecule has 2 aliphatic rings. The molecule has 2 fully saturated rings. The zero-order valence-electron chi connectivity index (χ0n) is 13.9. The number of aliphatic hydroxyl groups is 1. The fourth-order valence-electron chi connectivity index (χ4n) is 4.30. The molecule has 0 aromatic heterocycles. The third kappa shape index (κ3) is 3.35. The average molecular weight is 283 g/mol. The Morgan fingerprint density at radius 1 is 1.35 bits per heavy atom. The molecule has 118 valence electrons. The van der Waals surface area contributed by atoms with Crippen molar-refractivity contribution in [3.8, 4) is 0 Å². The molecule has 0 bridgehead atoms. The van der Waals surface area contributed by atoms with E-state index >= 15 is 0 Å². The van der Waals surface area contributed by atoms with Gasteiger partial charge in [-0.15, -0.1) is 0 Å². The minimum Gasteiger partial charge on any atom is -0.394 e. The summed E-state index contributed by atoms with van der Waals surface area (Å²) in [5, 5.41) is 13.4. The third-order valence-corrected chi connectivity index (χ3v) is 5.26. The van der Waals surface area contributed by atoms with Crippen LogP contribution in [0.5, 0.6) is 0 Å². The molecule has 4 unspecified atom stereocenters. The topological polar surface area (TPSA) is 38.7 Å². The standard InChI is InChI=1S/C16H33N3O/c1-12(2)17-16(11-20)7-6-14(8-16)19-9-13(3)15(10-19)18(4)5/h12-15,17,20H,6-11H2,1-5H3. The van der Waals surface area contributed by atoms with E-state index in [-0.39, 0.29) is 12.1 Å². The van der Waals surface area contributed by atoms with E-state index in [1.807, 2.05) is 0 Å². The maximum atomic E-state index is 9.83. The summed E-state index contributed by atoms with van der Waals surface area (Å²) in [6.45, 7) is 9.36. The number of rotatable bonds is 5. The highest BCUT2D eigenvalue weighted by molar-refractivity contribution is 5.02. The molecule has 4 nitrogen and oxygen atoms in total. The molecule has 0 radical (unpaired) electrons. The third-order valence-electron chi connectivity index (χ3n) is 5.26. The van der Waals surface area contributed by atoms with Crippen molar-refractivity contribution in [1.29, 1.82) is 0 Å². The molecule has 1 aliphatic heterocycles. The summed E-state index contributed by atoms with van der Waals surface area (Å²) in [4.78, 5) is 5.03. The first-order valence-corrected chi connectivity index (χ1v) is 8.16. The van der Waals surface area contributed by atoms with Crippen molar-refractivity contribution >= 4 is 0 Å². The average Bonchev–Trinajstić information content (AvgIpc) is 2.93. The first-order valence-electron chi connectivity index (χ1n) is 8.16. The van der Waals surface area contributed by atoms with Crippen molar-refractivity contribution in [2.45, 2.75) is 63.7 Å². The molecule has 1 saturated carbocycles. The second-order valence-electron chi connectivity index (χ2n) is 7.60. The van der Waals surface area contributed by atoms with Crippen LogP contribution in [-0.4, -0.2) is 72.4 Å². The van der Waals surface area contributed by atoms with E-state index in [0.29, 0.717) is 18.1 Å².